The van der Waals surface area contributed by atoms with E-state index in [2.05, 4.69) is 5.32 Å². The van der Waals surface area contributed by atoms with Crippen molar-refractivity contribution in [2.45, 2.75) is 27.4 Å². The quantitative estimate of drug-likeness (QED) is 0.760. The Labute approximate surface area is 153 Å². The summed E-state index contributed by atoms with van der Waals surface area (Å²) in [5, 5.41) is 2.86. The van der Waals surface area contributed by atoms with Crippen molar-refractivity contribution in [2.24, 2.45) is 0 Å². The standard InChI is InChI=1S/C20H23NO3S/c1-14-8-9-18(16(3)10-14)21-19(22)12-25-13-20(23)24-11-17-7-5-4-6-15(17)2/h4-10H,11-13H2,1-3H3,(H,21,22). The lowest BCUT2D eigenvalue weighted by atomic mass is 10.1. The molecule has 0 atom stereocenters. The molecule has 2 aromatic rings. The SMILES string of the molecule is Cc1ccc(NC(=O)CSCC(=O)OCc2ccccc2C)c(C)c1. The van der Waals surface area contributed by atoms with Gasteiger partial charge in [-0.2, -0.15) is 0 Å². The Morgan fingerprint density at radius 1 is 1.00 bits per heavy atom. The monoisotopic (exact) mass is 357 g/mol. The van der Waals surface area contributed by atoms with Gasteiger partial charge >= 0.3 is 5.97 Å². The van der Waals surface area contributed by atoms with E-state index in [1.165, 1.54) is 11.8 Å². The van der Waals surface area contributed by atoms with Crippen LogP contribution >= 0.6 is 11.8 Å². The first-order valence-electron chi connectivity index (χ1n) is 8.10. The van der Waals surface area contributed by atoms with Gasteiger partial charge < -0.3 is 10.1 Å². The summed E-state index contributed by atoms with van der Waals surface area (Å²) >= 11 is 1.25. The number of hydrogen-bond acceptors (Lipinski definition) is 4. The maximum atomic E-state index is 12.0. The Kier molecular flexibility index (Phi) is 7.07. The molecule has 0 aliphatic heterocycles. The van der Waals surface area contributed by atoms with Gasteiger partial charge in [-0.05, 0) is 43.5 Å². The minimum Gasteiger partial charge on any atom is -0.460 e. The highest BCUT2D eigenvalue weighted by atomic mass is 32.2. The van der Waals surface area contributed by atoms with Crippen molar-refractivity contribution >= 4 is 29.3 Å². The lowest BCUT2D eigenvalue weighted by molar-refractivity contribution is -0.141. The van der Waals surface area contributed by atoms with Crippen molar-refractivity contribution in [3.05, 3.63) is 64.7 Å². The smallest absolute Gasteiger partial charge is 0.316 e. The van der Waals surface area contributed by atoms with Crippen LogP contribution in [0.3, 0.4) is 0 Å². The minimum absolute atomic E-state index is 0.122. The maximum absolute atomic E-state index is 12.0. The first-order valence-corrected chi connectivity index (χ1v) is 9.26. The third-order valence-electron chi connectivity index (χ3n) is 3.76. The van der Waals surface area contributed by atoms with Crippen LogP contribution in [0.5, 0.6) is 0 Å². The maximum Gasteiger partial charge on any atom is 0.316 e. The molecule has 2 rings (SSSR count). The average molecular weight is 357 g/mol. The highest BCUT2D eigenvalue weighted by Gasteiger charge is 2.09. The van der Waals surface area contributed by atoms with Gasteiger partial charge in [-0.15, -0.1) is 11.8 Å². The molecule has 0 unspecified atom stereocenters. The number of carbonyl (C=O) groups excluding carboxylic acids is 2. The Balaban J connectivity index is 1.70. The average Bonchev–Trinajstić information content (AvgIpc) is 2.57. The minimum atomic E-state index is -0.312. The van der Waals surface area contributed by atoms with E-state index in [9.17, 15) is 9.59 Å². The number of aryl methyl sites for hydroxylation is 3. The van der Waals surface area contributed by atoms with Crippen LogP contribution in [-0.4, -0.2) is 23.4 Å². The van der Waals surface area contributed by atoms with E-state index >= 15 is 0 Å². The van der Waals surface area contributed by atoms with Crippen molar-refractivity contribution < 1.29 is 14.3 Å². The Hall–Kier alpha value is -2.27. The van der Waals surface area contributed by atoms with Crippen LogP contribution in [0.15, 0.2) is 42.5 Å². The molecule has 5 heteroatoms. The van der Waals surface area contributed by atoms with E-state index < -0.39 is 0 Å². The molecule has 0 aromatic heterocycles. The number of amides is 1. The fourth-order valence-electron chi connectivity index (χ4n) is 2.34. The molecular formula is C20H23NO3S. The van der Waals surface area contributed by atoms with Gasteiger partial charge in [0.1, 0.15) is 6.61 Å². The Morgan fingerprint density at radius 3 is 2.48 bits per heavy atom. The van der Waals surface area contributed by atoms with Gasteiger partial charge in [0.2, 0.25) is 5.91 Å². The molecule has 2 aromatic carbocycles. The molecule has 0 spiro atoms. The Bertz CT molecular complexity index is 758. The molecule has 0 saturated heterocycles. The molecular weight excluding hydrogens is 334 g/mol. The highest BCUT2D eigenvalue weighted by Crippen LogP contribution is 2.16. The molecule has 0 heterocycles. The zero-order chi connectivity index (χ0) is 18.2. The van der Waals surface area contributed by atoms with E-state index in [4.69, 9.17) is 4.74 Å². The molecule has 132 valence electrons. The largest absolute Gasteiger partial charge is 0.460 e. The third kappa shape index (κ3) is 6.27. The van der Waals surface area contributed by atoms with E-state index in [1.54, 1.807) is 0 Å². The van der Waals surface area contributed by atoms with Crippen LogP contribution in [0, 0.1) is 20.8 Å². The summed E-state index contributed by atoms with van der Waals surface area (Å²) in [6.45, 7) is 6.21. The zero-order valence-electron chi connectivity index (χ0n) is 14.8. The van der Waals surface area contributed by atoms with Gasteiger partial charge in [-0.25, -0.2) is 0 Å². The second-order valence-electron chi connectivity index (χ2n) is 5.95. The van der Waals surface area contributed by atoms with Gasteiger partial charge in [-0.3, -0.25) is 9.59 Å². The molecule has 1 amide bonds. The molecule has 25 heavy (non-hydrogen) atoms. The summed E-state index contributed by atoms with van der Waals surface area (Å²) < 4.78 is 5.25. The molecule has 0 bridgehead atoms. The number of thioether (sulfide) groups is 1. The number of anilines is 1. The van der Waals surface area contributed by atoms with Gasteiger partial charge in [-0.1, -0.05) is 42.0 Å². The lowest BCUT2D eigenvalue weighted by Crippen LogP contribution is -2.17. The fraction of sp³-hybridized carbons (Fsp3) is 0.300. The molecule has 0 fully saturated rings. The van der Waals surface area contributed by atoms with Gasteiger partial charge in [0.05, 0.1) is 11.5 Å². The molecule has 0 aliphatic rings. The van der Waals surface area contributed by atoms with Crippen molar-refractivity contribution in [3.63, 3.8) is 0 Å². The van der Waals surface area contributed by atoms with Crippen molar-refractivity contribution in [1.29, 1.82) is 0 Å². The van der Waals surface area contributed by atoms with Gasteiger partial charge in [0, 0.05) is 5.69 Å². The van der Waals surface area contributed by atoms with Crippen LogP contribution in [0.1, 0.15) is 22.3 Å². The van der Waals surface area contributed by atoms with E-state index in [0.29, 0.717) is 0 Å². The van der Waals surface area contributed by atoms with Gasteiger partial charge in [0.25, 0.3) is 0 Å². The van der Waals surface area contributed by atoms with E-state index in [1.807, 2.05) is 63.2 Å². The number of esters is 1. The molecule has 0 saturated carbocycles. The molecule has 1 N–H and O–H groups in total. The van der Waals surface area contributed by atoms with Crippen LogP contribution in [-0.2, 0) is 20.9 Å². The fourth-order valence-corrected chi connectivity index (χ4v) is 2.95. The summed E-state index contributed by atoms with van der Waals surface area (Å²) in [7, 11) is 0. The predicted octanol–water partition coefficient (Wildman–Crippen LogP) is 4.03. The lowest BCUT2D eigenvalue weighted by Gasteiger charge is -2.09. The first kappa shape index (κ1) is 19.1. The van der Waals surface area contributed by atoms with Crippen LogP contribution in [0.25, 0.3) is 0 Å². The predicted molar refractivity (Wildman–Crippen MR) is 103 cm³/mol. The van der Waals surface area contributed by atoms with E-state index in [-0.39, 0.29) is 30.0 Å². The third-order valence-corrected chi connectivity index (χ3v) is 4.67. The first-order chi connectivity index (χ1) is 12.0. The molecule has 4 nitrogen and oxygen atoms in total. The van der Waals surface area contributed by atoms with Crippen LogP contribution in [0.2, 0.25) is 0 Å². The number of nitrogens with one attached hydrogen (secondary N) is 1. The topological polar surface area (TPSA) is 55.4 Å². The second kappa shape index (κ2) is 9.28. The second-order valence-corrected chi connectivity index (χ2v) is 6.93. The van der Waals surface area contributed by atoms with Crippen LogP contribution < -0.4 is 5.32 Å². The van der Waals surface area contributed by atoms with Crippen molar-refractivity contribution in [1.82, 2.24) is 0 Å². The highest BCUT2D eigenvalue weighted by molar-refractivity contribution is 8.00. The number of benzene rings is 2. The summed E-state index contributed by atoms with van der Waals surface area (Å²) in [5.74, 6) is -0.0601. The molecule has 0 aliphatic carbocycles. The number of rotatable bonds is 7. The summed E-state index contributed by atoms with van der Waals surface area (Å²) in [5.41, 5.74) is 5.07. The normalized spacial score (nSPS) is 10.4. The summed E-state index contributed by atoms with van der Waals surface area (Å²) in [6.07, 6.45) is 0. The number of carbonyl (C=O) groups is 2. The summed E-state index contributed by atoms with van der Waals surface area (Å²) in [4.78, 5) is 23.8. The number of hydrogen-bond donors (Lipinski definition) is 1. The summed E-state index contributed by atoms with van der Waals surface area (Å²) in [6, 6.07) is 13.7. The Morgan fingerprint density at radius 2 is 1.76 bits per heavy atom. The van der Waals surface area contributed by atoms with Gasteiger partial charge in [0.15, 0.2) is 0 Å². The van der Waals surface area contributed by atoms with Crippen molar-refractivity contribution in [2.75, 3.05) is 16.8 Å². The number of ether oxygens (including phenoxy) is 1. The van der Waals surface area contributed by atoms with E-state index in [0.717, 1.165) is 27.9 Å². The zero-order valence-corrected chi connectivity index (χ0v) is 15.6. The molecule has 0 radical (unpaired) electrons. The van der Waals surface area contributed by atoms with Crippen molar-refractivity contribution in [3.8, 4) is 0 Å². The van der Waals surface area contributed by atoms with Crippen LogP contribution in [0.4, 0.5) is 5.69 Å².